The van der Waals surface area contributed by atoms with Gasteiger partial charge in [0.1, 0.15) is 11.3 Å². The highest BCUT2D eigenvalue weighted by atomic mass is 16.5. The fourth-order valence-electron chi connectivity index (χ4n) is 3.63. The Morgan fingerprint density at radius 2 is 1.71 bits per heavy atom. The first-order valence-electron chi connectivity index (χ1n) is 8.92. The van der Waals surface area contributed by atoms with Crippen molar-refractivity contribution in [3.63, 3.8) is 0 Å². The standard InChI is InChI=1S/C22H21NO5/c1-25-18-9-12(10-19(26-2)22(18)27-3)8-13-4-6-16-20(24)15-7-5-14(23)11-17(15)28-21(13)16/h5,7-11H,4,6,23H2,1-3H3/b13-8+. The van der Waals surface area contributed by atoms with E-state index in [2.05, 4.69) is 0 Å². The molecule has 2 aromatic carbocycles. The summed E-state index contributed by atoms with van der Waals surface area (Å²) in [6.07, 6.45) is 3.35. The van der Waals surface area contributed by atoms with Gasteiger partial charge < -0.3 is 24.4 Å². The van der Waals surface area contributed by atoms with Crippen LogP contribution in [0, 0.1) is 0 Å². The van der Waals surface area contributed by atoms with E-state index in [4.69, 9.17) is 24.4 Å². The molecule has 0 atom stereocenters. The van der Waals surface area contributed by atoms with E-state index in [0.29, 0.717) is 51.6 Å². The Balaban J connectivity index is 1.86. The molecular formula is C22H21NO5. The van der Waals surface area contributed by atoms with Gasteiger partial charge in [-0.3, -0.25) is 4.79 Å². The average Bonchev–Trinajstić information content (AvgIpc) is 3.09. The molecule has 0 fully saturated rings. The van der Waals surface area contributed by atoms with E-state index in [0.717, 1.165) is 17.6 Å². The largest absolute Gasteiger partial charge is 0.493 e. The zero-order valence-electron chi connectivity index (χ0n) is 16.0. The van der Waals surface area contributed by atoms with Crippen molar-refractivity contribution in [1.82, 2.24) is 0 Å². The van der Waals surface area contributed by atoms with Crippen LogP contribution in [0.3, 0.4) is 0 Å². The Hall–Kier alpha value is -3.41. The first kappa shape index (κ1) is 18.0. The molecule has 3 aromatic rings. The lowest BCUT2D eigenvalue weighted by atomic mass is 10.1. The number of fused-ring (bicyclic) bond motifs is 2. The molecule has 1 aliphatic rings. The van der Waals surface area contributed by atoms with Gasteiger partial charge in [0.2, 0.25) is 5.75 Å². The third-order valence-corrected chi connectivity index (χ3v) is 4.97. The van der Waals surface area contributed by atoms with Crippen molar-refractivity contribution in [2.75, 3.05) is 27.1 Å². The summed E-state index contributed by atoms with van der Waals surface area (Å²) in [7, 11) is 4.72. The molecule has 0 unspecified atom stereocenters. The second-order valence-electron chi connectivity index (χ2n) is 6.62. The van der Waals surface area contributed by atoms with Crippen molar-refractivity contribution >= 4 is 28.3 Å². The predicted octanol–water partition coefficient (Wildman–Crippen LogP) is 3.89. The number of benzene rings is 2. The Morgan fingerprint density at radius 3 is 2.36 bits per heavy atom. The molecule has 0 saturated heterocycles. The van der Waals surface area contributed by atoms with Crippen molar-refractivity contribution in [3.05, 3.63) is 57.4 Å². The predicted molar refractivity (Wildman–Crippen MR) is 109 cm³/mol. The van der Waals surface area contributed by atoms with E-state index in [1.165, 1.54) is 0 Å². The fraction of sp³-hybridized carbons (Fsp3) is 0.227. The van der Waals surface area contributed by atoms with Crippen LogP contribution in [0.2, 0.25) is 0 Å². The lowest BCUT2D eigenvalue weighted by Crippen LogP contribution is -2.08. The minimum Gasteiger partial charge on any atom is -0.493 e. The summed E-state index contributed by atoms with van der Waals surface area (Å²) in [5, 5.41) is 0.557. The fourth-order valence-corrected chi connectivity index (χ4v) is 3.63. The van der Waals surface area contributed by atoms with E-state index in [9.17, 15) is 4.79 Å². The van der Waals surface area contributed by atoms with Gasteiger partial charge in [-0.15, -0.1) is 0 Å². The average molecular weight is 379 g/mol. The second-order valence-corrected chi connectivity index (χ2v) is 6.62. The summed E-state index contributed by atoms with van der Waals surface area (Å²) in [4.78, 5) is 12.8. The Morgan fingerprint density at radius 1 is 1.00 bits per heavy atom. The van der Waals surface area contributed by atoms with Crippen molar-refractivity contribution in [1.29, 1.82) is 0 Å². The number of allylic oxidation sites excluding steroid dienone is 1. The smallest absolute Gasteiger partial charge is 0.203 e. The number of nitrogen functional groups attached to an aromatic ring is 1. The summed E-state index contributed by atoms with van der Waals surface area (Å²) in [6.45, 7) is 0. The molecule has 0 radical (unpaired) electrons. The summed E-state index contributed by atoms with van der Waals surface area (Å²) in [5.74, 6) is 2.29. The molecule has 144 valence electrons. The summed E-state index contributed by atoms with van der Waals surface area (Å²) < 4.78 is 22.3. The van der Waals surface area contributed by atoms with Gasteiger partial charge in [0, 0.05) is 17.3 Å². The maximum absolute atomic E-state index is 12.8. The molecule has 1 aliphatic carbocycles. The number of hydrogen-bond donors (Lipinski definition) is 1. The monoisotopic (exact) mass is 379 g/mol. The van der Waals surface area contributed by atoms with Gasteiger partial charge >= 0.3 is 0 Å². The first-order chi connectivity index (χ1) is 13.5. The van der Waals surface area contributed by atoms with E-state index in [1.54, 1.807) is 39.5 Å². The van der Waals surface area contributed by atoms with Crippen molar-refractivity contribution < 1.29 is 18.6 Å². The number of rotatable bonds is 4. The van der Waals surface area contributed by atoms with Gasteiger partial charge in [-0.1, -0.05) is 0 Å². The van der Waals surface area contributed by atoms with Crippen LogP contribution in [-0.4, -0.2) is 21.3 Å². The number of hydrogen-bond acceptors (Lipinski definition) is 6. The maximum atomic E-state index is 12.8. The second kappa shape index (κ2) is 6.96. The Labute approximate surface area is 162 Å². The van der Waals surface area contributed by atoms with Crippen LogP contribution in [0.25, 0.3) is 22.6 Å². The number of methoxy groups -OCH3 is 3. The number of ether oxygens (including phenoxy) is 3. The first-order valence-corrected chi connectivity index (χ1v) is 8.92. The van der Waals surface area contributed by atoms with Crippen LogP contribution in [0.15, 0.2) is 39.5 Å². The third kappa shape index (κ3) is 2.87. The van der Waals surface area contributed by atoms with Crippen molar-refractivity contribution in [2.45, 2.75) is 12.8 Å². The molecule has 28 heavy (non-hydrogen) atoms. The molecule has 0 bridgehead atoms. The van der Waals surface area contributed by atoms with Crippen molar-refractivity contribution in [2.24, 2.45) is 0 Å². The normalized spacial score (nSPS) is 14.3. The number of anilines is 1. The molecule has 0 aliphatic heterocycles. The highest BCUT2D eigenvalue weighted by Crippen LogP contribution is 2.40. The number of nitrogens with two attached hydrogens (primary N) is 1. The van der Waals surface area contributed by atoms with Gasteiger partial charge in [-0.25, -0.2) is 0 Å². The van der Waals surface area contributed by atoms with Crippen LogP contribution in [0.5, 0.6) is 17.2 Å². The third-order valence-electron chi connectivity index (χ3n) is 4.97. The maximum Gasteiger partial charge on any atom is 0.203 e. The van der Waals surface area contributed by atoms with Gasteiger partial charge in [-0.2, -0.15) is 0 Å². The van der Waals surface area contributed by atoms with Crippen LogP contribution in [0.1, 0.15) is 23.3 Å². The van der Waals surface area contributed by atoms with E-state index < -0.39 is 0 Å². The highest BCUT2D eigenvalue weighted by molar-refractivity contribution is 5.88. The molecule has 0 saturated carbocycles. The van der Waals surface area contributed by atoms with Crippen LogP contribution in [-0.2, 0) is 6.42 Å². The Bertz CT molecular complexity index is 1130. The van der Waals surface area contributed by atoms with Crippen LogP contribution < -0.4 is 25.4 Å². The zero-order chi connectivity index (χ0) is 19.8. The quantitative estimate of drug-likeness (QED) is 0.693. The van der Waals surface area contributed by atoms with Gasteiger partial charge in [0.25, 0.3) is 0 Å². The lowest BCUT2D eigenvalue weighted by Gasteiger charge is -2.13. The van der Waals surface area contributed by atoms with E-state index in [1.807, 2.05) is 18.2 Å². The van der Waals surface area contributed by atoms with Gasteiger partial charge in [0.15, 0.2) is 16.9 Å². The molecule has 6 nitrogen and oxygen atoms in total. The lowest BCUT2D eigenvalue weighted by molar-refractivity contribution is 0.324. The summed E-state index contributed by atoms with van der Waals surface area (Å²) >= 11 is 0. The molecule has 4 rings (SSSR count). The zero-order valence-corrected chi connectivity index (χ0v) is 16.0. The molecular weight excluding hydrogens is 358 g/mol. The molecule has 0 spiro atoms. The van der Waals surface area contributed by atoms with Crippen LogP contribution in [0.4, 0.5) is 5.69 Å². The molecule has 6 heteroatoms. The van der Waals surface area contributed by atoms with E-state index in [-0.39, 0.29) is 5.43 Å². The van der Waals surface area contributed by atoms with Gasteiger partial charge in [-0.05, 0) is 54.3 Å². The highest BCUT2D eigenvalue weighted by Gasteiger charge is 2.24. The summed E-state index contributed by atoms with van der Waals surface area (Å²) in [6, 6.07) is 8.85. The summed E-state index contributed by atoms with van der Waals surface area (Å²) in [5.41, 5.74) is 9.44. The SMILES string of the molecule is COc1cc(/C=C2\CCc3c2oc2cc(N)ccc2c3=O)cc(OC)c1OC. The minimum absolute atomic E-state index is 0.00421. The molecule has 1 heterocycles. The van der Waals surface area contributed by atoms with E-state index >= 15 is 0 Å². The Kier molecular flexibility index (Phi) is 4.47. The van der Waals surface area contributed by atoms with Gasteiger partial charge in [0.05, 0.1) is 26.7 Å². The minimum atomic E-state index is 0.00421. The van der Waals surface area contributed by atoms with Crippen LogP contribution >= 0.6 is 0 Å². The molecule has 2 N–H and O–H groups in total. The molecule has 0 amide bonds. The molecule has 1 aromatic heterocycles. The van der Waals surface area contributed by atoms with Crippen molar-refractivity contribution in [3.8, 4) is 17.2 Å². The topological polar surface area (TPSA) is 83.9 Å².